The summed E-state index contributed by atoms with van der Waals surface area (Å²) in [5.74, 6) is -0.516. The van der Waals surface area contributed by atoms with Crippen molar-refractivity contribution in [2.45, 2.75) is 0 Å². The van der Waals surface area contributed by atoms with Crippen molar-refractivity contribution in [2.24, 2.45) is 0 Å². The number of aromatic hydroxyl groups is 2. The molecule has 2 aromatic carbocycles. The van der Waals surface area contributed by atoms with E-state index in [0.717, 1.165) is 0 Å². The summed E-state index contributed by atoms with van der Waals surface area (Å²) in [5, 5.41) is 30.7. The molecule has 0 unspecified atom stereocenters. The molecule has 0 saturated carbocycles. The van der Waals surface area contributed by atoms with Crippen molar-refractivity contribution in [1.82, 2.24) is 4.73 Å². The van der Waals surface area contributed by atoms with Crippen molar-refractivity contribution >= 4 is 32.7 Å². The fourth-order valence-corrected chi connectivity index (χ4v) is 2.64. The van der Waals surface area contributed by atoms with Crippen LogP contribution in [-0.2, 0) is 0 Å². The minimum atomic E-state index is -0.548. The van der Waals surface area contributed by atoms with Crippen LogP contribution in [0, 0.1) is 0 Å². The third-order valence-electron chi connectivity index (χ3n) is 3.56. The molecule has 2 heterocycles. The zero-order valence-electron chi connectivity index (χ0n) is 10.6. The molecule has 0 aliphatic heterocycles. The second-order valence-electron chi connectivity index (χ2n) is 4.81. The molecule has 0 radical (unpaired) electrons. The molecule has 4 rings (SSSR count). The zero-order chi connectivity index (χ0) is 14.7. The van der Waals surface area contributed by atoms with Crippen LogP contribution in [0.3, 0.4) is 0 Å². The molecular weight excluding hydrogens is 274 g/mol. The second kappa shape index (κ2) is 3.69. The van der Waals surface area contributed by atoms with Gasteiger partial charge in [0.25, 0.3) is 0 Å². The van der Waals surface area contributed by atoms with E-state index < -0.39 is 11.3 Å². The van der Waals surface area contributed by atoms with Gasteiger partial charge in [-0.15, -0.1) is 0 Å². The Morgan fingerprint density at radius 3 is 2.52 bits per heavy atom. The first-order valence-corrected chi connectivity index (χ1v) is 6.18. The molecule has 0 spiro atoms. The van der Waals surface area contributed by atoms with Gasteiger partial charge in [-0.25, -0.2) is 0 Å². The van der Waals surface area contributed by atoms with Gasteiger partial charge in [0.15, 0.2) is 5.43 Å². The Morgan fingerprint density at radius 2 is 1.71 bits per heavy atom. The Labute approximate surface area is 116 Å². The van der Waals surface area contributed by atoms with E-state index in [1.54, 1.807) is 6.07 Å². The maximum atomic E-state index is 12.0. The molecule has 0 atom stereocenters. The molecule has 0 amide bonds. The first kappa shape index (κ1) is 11.7. The van der Waals surface area contributed by atoms with Gasteiger partial charge in [-0.1, -0.05) is 0 Å². The van der Waals surface area contributed by atoms with Gasteiger partial charge in [0.2, 0.25) is 5.88 Å². The third kappa shape index (κ3) is 1.44. The number of fused-ring (bicyclic) bond motifs is 2. The quantitative estimate of drug-likeness (QED) is 0.262. The van der Waals surface area contributed by atoms with Crippen LogP contribution in [-0.4, -0.2) is 20.2 Å². The van der Waals surface area contributed by atoms with Crippen LogP contribution in [0.4, 0.5) is 0 Å². The molecule has 0 fully saturated rings. The molecule has 2 aromatic heterocycles. The molecule has 6 heteroatoms. The van der Waals surface area contributed by atoms with E-state index in [4.69, 9.17) is 4.42 Å². The predicted molar refractivity (Wildman–Crippen MR) is 76.0 cm³/mol. The van der Waals surface area contributed by atoms with Crippen LogP contribution in [0.25, 0.3) is 32.7 Å². The van der Waals surface area contributed by atoms with Crippen LogP contribution < -0.4 is 5.43 Å². The standard InChI is InChI=1S/C15H9NO5/c17-7-1-3-11-8(5-7)9-6-16(20)15(19)14-10(18)2-4-12(21-11)13(9)14/h1-6,17,19-20H. The number of rotatable bonds is 0. The highest BCUT2D eigenvalue weighted by molar-refractivity contribution is 6.18. The third-order valence-corrected chi connectivity index (χ3v) is 3.56. The van der Waals surface area contributed by atoms with Gasteiger partial charge in [0.05, 0.1) is 11.6 Å². The monoisotopic (exact) mass is 283 g/mol. The Hall–Kier alpha value is -3.15. The van der Waals surface area contributed by atoms with Crippen LogP contribution >= 0.6 is 0 Å². The van der Waals surface area contributed by atoms with Crippen molar-refractivity contribution in [3.05, 3.63) is 46.8 Å². The number of pyridine rings is 1. The highest BCUT2D eigenvalue weighted by Gasteiger charge is 2.17. The van der Waals surface area contributed by atoms with Crippen molar-refractivity contribution in [3.63, 3.8) is 0 Å². The number of benzene rings is 2. The van der Waals surface area contributed by atoms with E-state index >= 15 is 0 Å². The summed E-state index contributed by atoms with van der Waals surface area (Å²) < 4.78 is 6.19. The van der Waals surface area contributed by atoms with E-state index in [-0.39, 0.29) is 11.1 Å². The average Bonchev–Trinajstić information content (AvgIpc) is 2.46. The van der Waals surface area contributed by atoms with Gasteiger partial charge in [-0.2, -0.15) is 4.73 Å². The van der Waals surface area contributed by atoms with Crippen LogP contribution in [0.5, 0.6) is 11.6 Å². The lowest BCUT2D eigenvalue weighted by molar-refractivity contribution is 0.155. The average molecular weight is 283 g/mol. The molecule has 0 saturated heterocycles. The Balaban J connectivity index is 2.44. The molecule has 0 bridgehead atoms. The number of phenols is 1. The van der Waals surface area contributed by atoms with Crippen molar-refractivity contribution in [2.75, 3.05) is 0 Å². The largest absolute Gasteiger partial charge is 0.508 e. The Kier molecular flexibility index (Phi) is 2.05. The minimum Gasteiger partial charge on any atom is -0.508 e. The summed E-state index contributed by atoms with van der Waals surface area (Å²) in [4.78, 5) is 12.0. The van der Waals surface area contributed by atoms with Gasteiger partial charge in [0, 0.05) is 16.2 Å². The molecule has 4 aromatic rings. The maximum Gasteiger partial charge on any atom is 0.236 e. The van der Waals surface area contributed by atoms with Crippen LogP contribution in [0.15, 0.2) is 45.7 Å². The van der Waals surface area contributed by atoms with E-state index in [1.807, 2.05) is 0 Å². The SMILES string of the molecule is O=c1ccc2oc3ccc(O)cc3c3cn(O)c(O)c1c23. The molecule has 104 valence electrons. The van der Waals surface area contributed by atoms with Gasteiger partial charge in [-0.3, -0.25) is 4.79 Å². The van der Waals surface area contributed by atoms with E-state index in [0.29, 0.717) is 32.1 Å². The highest BCUT2D eigenvalue weighted by Crippen LogP contribution is 2.36. The minimum absolute atomic E-state index is 0.0264. The molecule has 21 heavy (non-hydrogen) atoms. The Bertz CT molecular complexity index is 1090. The lowest BCUT2D eigenvalue weighted by Crippen LogP contribution is -2.05. The molecule has 6 nitrogen and oxygen atoms in total. The summed E-state index contributed by atoms with van der Waals surface area (Å²) in [6.45, 7) is 0. The van der Waals surface area contributed by atoms with Gasteiger partial charge >= 0.3 is 0 Å². The maximum absolute atomic E-state index is 12.0. The number of phenolic OH excluding ortho intramolecular Hbond substituents is 1. The Morgan fingerprint density at radius 1 is 0.952 bits per heavy atom. The number of nitrogens with zero attached hydrogens (tertiary/aromatic N) is 1. The van der Waals surface area contributed by atoms with Crippen LogP contribution in [0.1, 0.15) is 0 Å². The molecule has 3 N–H and O–H groups in total. The van der Waals surface area contributed by atoms with Gasteiger partial charge < -0.3 is 19.8 Å². The van der Waals surface area contributed by atoms with Gasteiger partial charge in [0.1, 0.15) is 16.9 Å². The zero-order valence-corrected chi connectivity index (χ0v) is 10.6. The van der Waals surface area contributed by atoms with E-state index in [9.17, 15) is 20.2 Å². The predicted octanol–water partition coefficient (Wildman–Crippen LogP) is 2.55. The van der Waals surface area contributed by atoms with Crippen molar-refractivity contribution < 1.29 is 19.8 Å². The fourth-order valence-electron chi connectivity index (χ4n) is 2.64. The number of hydrogen-bond donors (Lipinski definition) is 3. The summed E-state index contributed by atoms with van der Waals surface area (Å²) in [7, 11) is 0. The topological polar surface area (TPSA) is 95.8 Å². The van der Waals surface area contributed by atoms with Crippen molar-refractivity contribution in [1.29, 1.82) is 0 Å². The fraction of sp³-hybridized carbons (Fsp3) is 0. The highest BCUT2D eigenvalue weighted by atomic mass is 16.5. The summed E-state index contributed by atoms with van der Waals surface area (Å²) in [6, 6.07) is 7.34. The molecular formula is C15H9NO5. The summed E-state index contributed by atoms with van der Waals surface area (Å²) >= 11 is 0. The second-order valence-corrected chi connectivity index (χ2v) is 4.81. The van der Waals surface area contributed by atoms with E-state index in [2.05, 4.69) is 0 Å². The summed E-state index contributed by atoms with van der Waals surface area (Å²) in [6.07, 6.45) is 1.28. The summed E-state index contributed by atoms with van der Waals surface area (Å²) in [5.41, 5.74) is 0.475. The first-order chi connectivity index (χ1) is 10.1. The molecule has 0 aliphatic carbocycles. The van der Waals surface area contributed by atoms with Crippen LogP contribution in [0.2, 0.25) is 0 Å². The number of aromatic nitrogens is 1. The lowest BCUT2D eigenvalue weighted by atomic mass is 10.0. The van der Waals surface area contributed by atoms with Crippen molar-refractivity contribution in [3.8, 4) is 11.6 Å². The van der Waals surface area contributed by atoms with Gasteiger partial charge in [-0.05, 0) is 30.3 Å². The smallest absolute Gasteiger partial charge is 0.236 e. The molecule has 0 aliphatic rings. The first-order valence-electron chi connectivity index (χ1n) is 6.18. The normalized spacial score (nSPS) is 11.6. The van der Waals surface area contributed by atoms with E-state index in [1.165, 1.54) is 30.5 Å². The lowest BCUT2D eigenvalue weighted by Gasteiger charge is -2.11. The number of hydrogen-bond acceptors (Lipinski definition) is 5.